The number of hydrogen-bond donors (Lipinski definition) is 4. The van der Waals surface area contributed by atoms with Gasteiger partial charge < -0.3 is 20.6 Å². The van der Waals surface area contributed by atoms with E-state index in [0.717, 1.165) is 0 Å². The molecular formula is C18H12N2O6. The molecule has 0 saturated heterocycles. The van der Waals surface area contributed by atoms with Crippen molar-refractivity contribution in [1.29, 1.82) is 0 Å². The number of pyridine rings is 1. The molecule has 130 valence electrons. The van der Waals surface area contributed by atoms with Gasteiger partial charge in [-0.05, 0) is 42.5 Å². The zero-order chi connectivity index (χ0) is 18.8. The van der Waals surface area contributed by atoms with Crippen molar-refractivity contribution >= 4 is 40.2 Å². The number of rotatable bonds is 5. The third-order valence-electron chi connectivity index (χ3n) is 3.75. The van der Waals surface area contributed by atoms with Gasteiger partial charge in [0.2, 0.25) is 0 Å². The number of carboxylic acid groups (broad SMARTS) is 3. The summed E-state index contributed by atoms with van der Waals surface area (Å²) >= 11 is 0. The summed E-state index contributed by atoms with van der Waals surface area (Å²) < 4.78 is 0. The van der Waals surface area contributed by atoms with E-state index in [1.54, 1.807) is 0 Å². The third kappa shape index (κ3) is 3.16. The normalized spacial score (nSPS) is 10.5. The lowest BCUT2D eigenvalue weighted by Crippen LogP contribution is -2.06. The van der Waals surface area contributed by atoms with Crippen LogP contribution in [0.15, 0.2) is 48.7 Å². The summed E-state index contributed by atoms with van der Waals surface area (Å²) in [6, 6.07) is 9.93. The molecular weight excluding hydrogens is 340 g/mol. The Morgan fingerprint density at radius 3 is 2.00 bits per heavy atom. The second-order valence-corrected chi connectivity index (χ2v) is 5.40. The van der Waals surface area contributed by atoms with E-state index in [1.807, 2.05) is 0 Å². The molecule has 8 heteroatoms. The summed E-state index contributed by atoms with van der Waals surface area (Å²) in [5, 5.41) is 30.8. The first-order valence-electron chi connectivity index (χ1n) is 7.36. The summed E-state index contributed by atoms with van der Waals surface area (Å²) in [5.41, 5.74) is 0.985. The Labute approximate surface area is 146 Å². The van der Waals surface area contributed by atoms with E-state index >= 15 is 0 Å². The van der Waals surface area contributed by atoms with Crippen LogP contribution in [0.25, 0.3) is 10.9 Å². The Balaban J connectivity index is 2.15. The second-order valence-electron chi connectivity index (χ2n) is 5.40. The van der Waals surface area contributed by atoms with Crippen LogP contribution in [0, 0.1) is 0 Å². The maximum Gasteiger partial charge on any atom is 0.339 e. The fourth-order valence-corrected chi connectivity index (χ4v) is 2.46. The highest BCUT2D eigenvalue weighted by atomic mass is 16.4. The third-order valence-corrected chi connectivity index (χ3v) is 3.75. The molecule has 3 aromatic rings. The van der Waals surface area contributed by atoms with Gasteiger partial charge in [0.05, 0.1) is 22.3 Å². The molecule has 2 aromatic carbocycles. The summed E-state index contributed by atoms with van der Waals surface area (Å²) in [5.74, 6) is -3.46. The molecule has 0 fully saturated rings. The zero-order valence-electron chi connectivity index (χ0n) is 13.1. The molecule has 0 aliphatic heterocycles. The summed E-state index contributed by atoms with van der Waals surface area (Å²) in [4.78, 5) is 37.7. The van der Waals surface area contributed by atoms with Crippen molar-refractivity contribution in [2.24, 2.45) is 0 Å². The molecule has 4 N–H and O–H groups in total. The molecule has 0 aliphatic carbocycles. The van der Waals surface area contributed by atoms with Crippen LogP contribution < -0.4 is 5.32 Å². The minimum absolute atomic E-state index is 0.00823. The van der Waals surface area contributed by atoms with E-state index in [2.05, 4.69) is 10.3 Å². The highest BCUT2D eigenvalue weighted by Crippen LogP contribution is 2.30. The van der Waals surface area contributed by atoms with Crippen LogP contribution in [-0.2, 0) is 0 Å². The van der Waals surface area contributed by atoms with Crippen LogP contribution in [-0.4, -0.2) is 38.2 Å². The van der Waals surface area contributed by atoms with E-state index in [-0.39, 0.29) is 22.4 Å². The van der Waals surface area contributed by atoms with Crippen LogP contribution in [0.3, 0.4) is 0 Å². The van der Waals surface area contributed by atoms with Gasteiger partial charge >= 0.3 is 17.9 Å². The number of nitrogens with one attached hydrogen (secondary N) is 1. The number of carboxylic acids is 3. The van der Waals surface area contributed by atoms with E-state index in [9.17, 15) is 24.6 Å². The lowest BCUT2D eigenvalue weighted by Gasteiger charge is -2.13. The van der Waals surface area contributed by atoms with Crippen LogP contribution in [0.5, 0.6) is 0 Å². The van der Waals surface area contributed by atoms with Gasteiger partial charge in [-0.2, -0.15) is 0 Å². The molecule has 0 bridgehead atoms. The summed E-state index contributed by atoms with van der Waals surface area (Å²) in [6.07, 6.45) is 1.18. The SMILES string of the molecule is O=C(O)c1ccc(Nc2c(C(=O)O)cnc3ccc(C(=O)O)cc23)cc1. The topological polar surface area (TPSA) is 137 Å². The Morgan fingerprint density at radius 2 is 1.42 bits per heavy atom. The van der Waals surface area contributed by atoms with E-state index in [1.165, 1.54) is 48.7 Å². The van der Waals surface area contributed by atoms with E-state index in [4.69, 9.17) is 5.11 Å². The summed E-state index contributed by atoms with van der Waals surface area (Å²) in [7, 11) is 0. The van der Waals surface area contributed by atoms with Crippen molar-refractivity contribution in [2.75, 3.05) is 5.32 Å². The number of hydrogen-bond acceptors (Lipinski definition) is 5. The van der Waals surface area contributed by atoms with Crippen molar-refractivity contribution in [3.8, 4) is 0 Å². The average molecular weight is 352 g/mol. The fraction of sp³-hybridized carbons (Fsp3) is 0. The minimum Gasteiger partial charge on any atom is -0.478 e. The Kier molecular flexibility index (Phi) is 4.24. The van der Waals surface area contributed by atoms with Gasteiger partial charge in [0.25, 0.3) is 0 Å². The molecule has 0 spiro atoms. The molecule has 0 radical (unpaired) electrons. The minimum atomic E-state index is -1.23. The average Bonchev–Trinajstić information content (AvgIpc) is 2.61. The first-order valence-corrected chi connectivity index (χ1v) is 7.36. The van der Waals surface area contributed by atoms with Crippen LogP contribution >= 0.6 is 0 Å². The molecule has 0 amide bonds. The number of anilines is 2. The van der Waals surface area contributed by atoms with Gasteiger partial charge in [-0.25, -0.2) is 14.4 Å². The molecule has 0 aliphatic rings. The van der Waals surface area contributed by atoms with Gasteiger partial charge in [-0.3, -0.25) is 4.98 Å². The Morgan fingerprint density at radius 1 is 0.808 bits per heavy atom. The van der Waals surface area contributed by atoms with Gasteiger partial charge in [0.15, 0.2) is 0 Å². The number of aromatic nitrogens is 1. The lowest BCUT2D eigenvalue weighted by molar-refractivity contribution is 0.0686. The monoisotopic (exact) mass is 352 g/mol. The predicted octanol–water partition coefficient (Wildman–Crippen LogP) is 3.07. The largest absolute Gasteiger partial charge is 0.478 e. The fourth-order valence-electron chi connectivity index (χ4n) is 2.46. The van der Waals surface area contributed by atoms with E-state index < -0.39 is 17.9 Å². The van der Waals surface area contributed by atoms with Crippen molar-refractivity contribution in [3.05, 3.63) is 65.4 Å². The molecule has 3 rings (SSSR count). The maximum absolute atomic E-state index is 11.5. The van der Waals surface area contributed by atoms with Crippen molar-refractivity contribution in [2.45, 2.75) is 0 Å². The van der Waals surface area contributed by atoms with Crippen molar-refractivity contribution in [3.63, 3.8) is 0 Å². The van der Waals surface area contributed by atoms with Crippen molar-refractivity contribution < 1.29 is 29.7 Å². The molecule has 0 atom stereocenters. The predicted molar refractivity (Wildman–Crippen MR) is 92.3 cm³/mol. The van der Waals surface area contributed by atoms with Crippen LogP contribution in [0.2, 0.25) is 0 Å². The Bertz CT molecular complexity index is 1040. The van der Waals surface area contributed by atoms with Crippen LogP contribution in [0.4, 0.5) is 11.4 Å². The number of carbonyl (C=O) groups is 3. The van der Waals surface area contributed by atoms with Crippen molar-refractivity contribution in [1.82, 2.24) is 4.98 Å². The highest BCUT2D eigenvalue weighted by molar-refractivity contribution is 6.07. The Hall–Kier alpha value is -3.94. The second kappa shape index (κ2) is 6.52. The lowest BCUT2D eigenvalue weighted by atomic mass is 10.1. The molecule has 0 unspecified atom stereocenters. The standard InChI is InChI=1S/C18H12N2O6/c21-16(22)9-1-4-11(5-2-9)20-15-12-7-10(17(23)24)3-6-14(12)19-8-13(15)18(25)26/h1-8H,(H,19,20)(H,21,22)(H,23,24)(H,25,26). The number of fused-ring (bicyclic) bond motifs is 1. The summed E-state index contributed by atoms with van der Waals surface area (Å²) in [6.45, 7) is 0. The molecule has 26 heavy (non-hydrogen) atoms. The molecule has 8 nitrogen and oxygen atoms in total. The quantitative estimate of drug-likeness (QED) is 0.550. The highest BCUT2D eigenvalue weighted by Gasteiger charge is 2.17. The molecule has 0 saturated carbocycles. The van der Waals surface area contributed by atoms with Gasteiger partial charge in [-0.15, -0.1) is 0 Å². The zero-order valence-corrected chi connectivity index (χ0v) is 13.1. The van der Waals surface area contributed by atoms with Gasteiger partial charge in [0, 0.05) is 17.3 Å². The van der Waals surface area contributed by atoms with Gasteiger partial charge in [0.1, 0.15) is 5.56 Å². The van der Waals surface area contributed by atoms with E-state index in [0.29, 0.717) is 16.6 Å². The first-order chi connectivity index (χ1) is 12.4. The van der Waals surface area contributed by atoms with Crippen LogP contribution in [0.1, 0.15) is 31.1 Å². The number of nitrogens with zero attached hydrogens (tertiary/aromatic N) is 1. The maximum atomic E-state index is 11.5. The molecule has 1 heterocycles. The van der Waals surface area contributed by atoms with Gasteiger partial charge in [-0.1, -0.05) is 0 Å². The molecule has 1 aromatic heterocycles. The number of aromatic carboxylic acids is 3. The number of benzene rings is 2. The first kappa shape index (κ1) is 16.9. The smallest absolute Gasteiger partial charge is 0.339 e.